The molecule has 1 atom stereocenters. The van der Waals surface area contributed by atoms with Crippen LogP contribution in [0.15, 0.2) is 42.5 Å². The lowest BCUT2D eigenvalue weighted by atomic mass is 9.97. The number of aliphatic hydroxyl groups excluding tert-OH is 1. The SMILES string of the molecule is NC[C@H](O)c1cccc(-c2cc(F)cc(COC3CCCCC3)c2)c1. The average molecular weight is 343 g/mol. The van der Waals surface area contributed by atoms with Gasteiger partial charge in [0.15, 0.2) is 0 Å². The maximum atomic E-state index is 14.1. The van der Waals surface area contributed by atoms with Crippen molar-refractivity contribution in [2.45, 2.75) is 50.9 Å². The molecule has 0 aromatic heterocycles. The van der Waals surface area contributed by atoms with Gasteiger partial charge < -0.3 is 15.6 Å². The zero-order valence-corrected chi connectivity index (χ0v) is 14.5. The monoisotopic (exact) mass is 343 g/mol. The van der Waals surface area contributed by atoms with Crippen LogP contribution >= 0.6 is 0 Å². The Labute approximate surface area is 148 Å². The Balaban J connectivity index is 1.77. The van der Waals surface area contributed by atoms with Crippen molar-refractivity contribution in [2.24, 2.45) is 5.73 Å². The molecular weight excluding hydrogens is 317 g/mol. The van der Waals surface area contributed by atoms with Gasteiger partial charge in [0.2, 0.25) is 0 Å². The van der Waals surface area contributed by atoms with Crippen LogP contribution in [-0.4, -0.2) is 17.8 Å². The highest BCUT2D eigenvalue weighted by atomic mass is 19.1. The molecule has 1 fully saturated rings. The predicted molar refractivity (Wildman–Crippen MR) is 97.5 cm³/mol. The molecule has 1 aliphatic carbocycles. The van der Waals surface area contributed by atoms with Gasteiger partial charge in [-0.15, -0.1) is 0 Å². The molecule has 0 amide bonds. The van der Waals surface area contributed by atoms with Gasteiger partial charge in [-0.3, -0.25) is 0 Å². The Bertz CT molecular complexity index is 698. The summed E-state index contributed by atoms with van der Waals surface area (Å²) in [6.07, 6.45) is 5.51. The molecule has 1 aliphatic rings. The number of ether oxygens (including phenoxy) is 1. The molecule has 0 unspecified atom stereocenters. The first-order chi connectivity index (χ1) is 12.2. The molecular formula is C21H26FNO2. The minimum absolute atomic E-state index is 0.160. The van der Waals surface area contributed by atoms with E-state index in [2.05, 4.69) is 0 Å². The van der Waals surface area contributed by atoms with Crippen LogP contribution in [0.5, 0.6) is 0 Å². The molecule has 3 N–H and O–H groups in total. The summed E-state index contributed by atoms with van der Waals surface area (Å²) in [4.78, 5) is 0. The van der Waals surface area contributed by atoms with Gasteiger partial charge in [0, 0.05) is 6.54 Å². The second-order valence-corrected chi connectivity index (χ2v) is 6.80. The Morgan fingerprint density at radius 3 is 2.64 bits per heavy atom. The van der Waals surface area contributed by atoms with Crippen molar-refractivity contribution in [1.82, 2.24) is 0 Å². The summed E-state index contributed by atoms with van der Waals surface area (Å²) < 4.78 is 20.1. The summed E-state index contributed by atoms with van der Waals surface area (Å²) in [5.41, 5.74) is 8.75. The topological polar surface area (TPSA) is 55.5 Å². The van der Waals surface area contributed by atoms with Gasteiger partial charge >= 0.3 is 0 Å². The third-order valence-electron chi connectivity index (χ3n) is 4.82. The largest absolute Gasteiger partial charge is 0.387 e. The third-order valence-corrected chi connectivity index (χ3v) is 4.82. The molecule has 3 nitrogen and oxygen atoms in total. The third kappa shape index (κ3) is 4.88. The van der Waals surface area contributed by atoms with E-state index >= 15 is 0 Å². The molecule has 0 aliphatic heterocycles. The number of nitrogens with two attached hydrogens (primary N) is 1. The molecule has 0 spiro atoms. The molecule has 0 heterocycles. The zero-order chi connectivity index (χ0) is 17.6. The molecule has 2 aromatic carbocycles. The Hall–Kier alpha value is -1.75. The van der Waals surface area contributed by atoms with Crippen LogP contribution in [0.3, 0.4) is 0 Å². The molecule has 0 bridgehead atoms. The zero-order valence-electron chi connectivity index (χ0n) is 14.5. The fourth-order valence-electron chi connectivity index (χ4n) is 3.41. The summed E-state index contributed by atoms with van der Waals surface area (Å²) in [6.45, 7) is 0.591. The van der Waals surface area contributed by atoms with Crippen LogP contribution in [-0.2, 0) is 11.3 Å². The maximum Gasteiger partial charge on any atom is 0.124 e. The molecule has 134 valence electrons. The smallest absolute Gasteiger partial charge is 0.124 e. The first-order valence-corrected chi connectivity index (χ1v) is 9.05. The van der Waals surface area contributed by atoms with E-state index in [4.69, 9.17) is 10.5 Å². The van der Waals surface area contributed by atoms with E-state index in [9.17, 15) is 9.50 Å². The van der Waals surface area contributed by atoms with Crippen molar-refractivity contribution in [3.05, 3.63) is 59.4 Å². The molecule has 2 aromatic rings. The second kappa shape index (κ2) is 8.56. The van der Waals surface area contributed by atoms with Crippen LogP contribution in [0.1, 0.15) is 49.3 Å². The highest BCUT2D eigenvalue weighted by Crippen LogP contribution is 2.26. The van der Waals surface area contributed by atoms with Gasteiger partial charge in [-0.2, -0.15) is 0 Å². The van der Waals surface area contributed by atoms with Crippen molar-refractivity contribution in [1.29, 1.82) is 0 Å². The summed E-state index contributed by atoms with van der Waals surface area (Å²) in [5.74, 6) is -0.274. The van der Waals surface area contributed by atoms with E-state index in [1.165, 1.54) is 31.4 Å². The molecule has 4 heteroatoms. The number of benzene rings is 2. The van der Waals surface area contributed by atoms with Crippen LogP contribution in [0, 0.1) is 5.82 Å². The lowest BCUT2D eigenvalue weighted by molar-refractivity contribution is 0.0168. The Morgan fingerprint density at radius 1 is 1.08 bits per heavy atom. The van der Waals surface area contributed by atoms with Gasteiger partial charge in [-0.05, 0) is 59.4 Å². The lowest BCUT2D eigenvalue weighted by Crippen LogP contribution is -2.16. The molecule has 0 radical (unpaired) electrons. The summed E-state index contributed by atoms with van der Waals surface area (Å²) >= 11 is 0. The van der Waals surface area contributed by atoms with Crippen LogP contribution in [0.2, 0.25) is 0 Å². The normalized spacial score (nSPS) is 16.8. The first-order valence-electron chi connectivity index (χ1n) is 9.05. The van der Waals surface area contributed by atoms with E-state index in [1.807, 2.05) is 30.3 Å². The van der Waals surface area contributed by atoms with E-state index in [0.717, 1.165) is 35.1 Å². The van der Waals surface area contributed by atoms with E-state index in [-0.39, 0.29) is 12.4 Å². The van der Waals surface area contributed by atoms with E-state index in [0.29, 0.717) is 12.7 Å². The Kier molecular flexibility index (Phi) is 6.19. The minimum Gasteiger partial charge on any atom is -0.387 e. The van der Waals surface area contributed by atoms with Gasteiger partial charge in [0.25, 0.3) is 0 Å². The van der Waals surface area contributed by atoms with Crippen molar-refractivity contribution in [3.63, 3.8) is 0 Å². The van der Waals surface area contributed by atoms with Crippen LogP contribution in [0.4, 0.5) is 4.39 Å². The summed E-state index contributed by atoms with van der Waals surface area (Å²) in [6, 6.07) is 12.5. The average Bonchev–Trinajstić information content (AvgIpc) is 2.66. The van der Waals surface area contributed by atoms with Gasteiger partial charge in [0.05, 0.1) is 18.8 Å². The highest BCUT2D eigenvalue weighted by molar-refractivity contribution is 5.65. The standard InChI is InChI=1S/C21H26FNO2/c22-19-10-15(14-25-20-7-2-1-3-8-20)9-18(12-19)16-5-4-6-17(11-16)21(24)13-23/h4-6,9-12,20-21,24H,1-3,7-8,13-14,23H2/t21-/m0/s1. The van der Waals surface area contributed by atoms with Crippen molar-refractivity contribution in [3.8, 4) is 11.1 Å². The molecule has 3 rings (SSSR count). The first kappa shape index (κ1) is 18.1. The maximum absolute atomic E-state index is 14.1. The van der Waals surface area contributed by atoms with E-state index < -0.39 is 6.10 Å². The molecule has 1 saturated carbocycles. The lowest BCUT2D eigenvalue weighted by Gasteiger charge is -2.22. The minimum atomic E-state index is -0.706. The summed E-state index contributed by atoms with van der Waals surface area (Å²) in [7, 11) is 0. The number of hydrogen-bond acceptors (Lipinski definition) is 3. The van der Waals surface area contributed by atoms with Crippen molar-refractivity contribution < 1.29 is 14.2 Å². The molecule has 25 heavy (non-hydrogen) atoms. The van der Waals surface area contributed by atoms with Crippen molar-refractivity contribution in [2.75, 3.05) is 6.54 Å². The second-order valence-electron chi connectivity index (χ2n) is 6.80. The van der Waals surface area contributed by atoms with Gasteiger partial charge in [-0.1, -0.05) is 37.5 Å². The number of rotatable bonds is 6. The van der Waals surface area contributed by atoms with Crippen LogP contribution in [0.25, 0.3) is 11.1 Å². The van der Waals surface area contributed by atoms with Gasteiger partial charge in [0.1, 0.15) is 5.82 Å². The van der Waals surface area contributed by atoms with E-state index in [1.54, 1.807) is 0 Å². The number of halogens is 1. The summed E-state index contributed by atoms with van der Waals surface area (Å²) in [5, 5.41) is 9.92. The predicted octanol–water partition coefficient (Wildman–Crippen LogP) is 4.33. The van der Waals surface area contributed by atoms with Crippen LogP contribution < -0.4 is 5.73 Å². The van der Waals surface area contributed by atoms with Crippen molar-refractivity contribution >= 4 is 0 Å². The quantitative estimate of drug-likeness (QED) is 0.820. The fourth-order valence-corrected chi connectivity index (χ4v) is 3.41. The Morgan fingerprint density at radius 2 is 1.88 bits per heavy atom. The number of aliphatic hydroxyl groups is 1. The van der Waals surface area contributed by atoms with Gasteiger partial charge in [-0.25, -0.2) is 4.39 Å². The number of hydrogen-bond donors (Lipinski definition) is 2. The molecule has 0 saturated heterocycles. The fraction of sp³-hybridized carbons (Fsp3) is 0.429. The highest BCUT2D eigenvalue weighted by Gasteiger charge is 2.14.